The number of esters is 1. The minimum absolute atomic E-state index is 0.00719. The van der Waals surface area contributed by atoms with Crippen LogP contribution < -0.4 is 16.2 Å². The number of aromatic amines is 1. The fourth-order valence-corrected chi connectivity index (χ4v) is 9.04. The van der Waals surface area contributed by atoms with Gasteiger partial charge in [0.1, 0.15) is 22.0 Å². The molecular weight excluding hydrogens is 811 g/mol. The number of hydrogen-bond donors (Lipinski definition) is 6. The Bertz CT molecular complexity index is 2960. The average Bonchev–Trinajstić information content (AvgIpc) is 3.12. The molecule has 21 heteroatoms. The van der Waals surface area contributed by atoms with Crippen LogP contribution in [0.2, 0.25) is 0 Å². The molecule has 296 valence electrons. The van der Waals surface area contributed by atoms with Crippen LogP contribution in [0.1, 0.15) is 51.6 Å². The van der Waals surface area contributed by atoms with E-state index < -0.39 is 108 Å². The van der Waals surface area contributed by atoms with Gasteiger partial charge in [0, 0.05) is 35.5 Å². The number of ketones is 1. The lowest BCUT2D eigenvalue weighted by Crippen LogP contribution is -2.26. The van der Waals surface area contributed by atoms with Gasteiger partial charge in [-0.15, -0.1) is 0 Å². The van der Waals surface area contributed by atoms with E-state index in [0.717, 1.165) is 12.1 Å². The summed E-state index contributed by atoms with van der Waals surface area (Å²) in [5.41, 5.74) is -3.48. The van der Waals surface area contributed by atoms with Gasteiger partial charge in [-0.25, -0.2) is 13.2 Å². The van der Waals surface area contributed by atoms with Crippen molar-refractivity contribution in [3.63, 3.8) is 0 Å². The smallest absolute Gasteiger partial charge is 0.344 e. The van der Waals surface area contributed by atoms with Gasteiger partial charge in [-0.2, -0.15) is 16.8 Å². The molecule has 6 rings (SSSR count). The second-order valence-corrected chi connectivity index (χ2v) is 17.5. The van der Waals surface area contributed by atoms with E-state index in [2.05, 4.69) is 15.6 Å². The number of anilines is 3. The van der Waals surface area contributed by atoms with Gasteiger partial charge in [-0.1, -0.05) is 36.4 Å². The first-order chi connectivity index (χ1) is 26.7. The second kappa shape index (κ2) is 15.0. The summed E-state index contributed by atoms with van der Waals surface area (Å²) in [5, 5.41) is 13.6. The molecule has 1 aliphatic rings. The molecule has 0 unspecified atom stereocenters. The van der Waals surface area contributed by atoms with Crippen LogP contribution in [0.5, 0.6) is 0 Å². The van der Waals surface area contributed by atoms with E-state index in [1.165, 1.54) is 43.3 Å². The zero-order chi connectivity index (χ0) is 41.6. The van der Waals surface area contributed by atoms with Crippen molar-refractivity contribution in [2.75, 3.05) is 16.4 Å². The van der Waals surface area contributed by atoms with Crippen LogP contribution >= 0.6 is 0 Å². The maximum Gasteiger partial charge on any atom is 0.344 e. The second-order valence-electron chi connectivity index (χ2n) is 12.6. The number of carboxylic acid groups (broad SMARTS) is 1. The first-order valence-corrected chi connectivity index (χ1v) is 21.0. The SMILES string of the molecule is CC(=O)Nc1ccc(COC(=O)c2c3c4c(c(Nc5ccc(S(=O)(=O)CCCC(=O)O)cc5S(=O)(=O)O)cc(S(=O)(=O)O)c4[nH]c2=O)C(=O)c2ccccc2-3)cc1. The monoisotopic (exact) mass is 839 g/mol. The van der Waals surface area contributed by atoms with Crippen LogP contribution in [0.25, 0.3) is 22.0 Å². The molecule has 0 fully saturated rings. The van der Waals surface area contributed by atoms with Crippen molar-refractivity contribution in [3.8, 4) is 11.1 Å². The number of fused-ring (bicyclic) bond motifs is 2. The van der Waals surface area contributed by atoms with Crippen molar-refractivity contribution in [2.24, 2.45) is 0 Å². The predicted octanol–water partition coefficient (Wildman–Crippen LogP) is 3.93. The Hall–Kier alpha value is -6.26. The van der Waals surface area contributed by atoms with Crippen LogP contribution in [0, 0.1) is 0 Å². The Morgan fingerprint density at radius 3 is 2.05 bits per heavy atom. The molecule has 1 aliphatic carbocycles. The van der Waals surface area contributed by atoms with Crippen LogP contribution in [0.3, 0.4) is 0 Å². The maximum atomic E-state index is 14.3. The molecule has 0 atom stereocenters. The van der Waals surface area contributed by atoms with Crippen molar-refractivity contribution >= 4 is 81.7 Å². The van der Waals surface area contributed by atoms with Crippen molar-refractivity contribution in [1.29, 1.82) is 0 Å². The summed E-state index contributed by atoms with van der Waals surface area (Å²) in [6.45, 7) is 0.933. The first kappa shape index (κ1) is 40.4. The van der Waals surface area contributed by atoms with Gasteiger partial charge in [-0.3, -0.25) is 28.3 Å². The van der Waals surface area contributed by atoms with Crippen molar-refractivity contribution in [2.45, 2.75) is 41.1 Å². The van der Waals surface area contributed by atoms with Gasteiger partial charge >= 0.3 is 11.9 Å². The average molecular weight is 840 g/mol. The number of pyridine rings is 1. The molecule has 4 aromatic carbocycles. The summed E-state index contributed by atoms with van der Waals surface area (Å²) < 4.78 is 103. The maximum absolute atomic E-state index is 14.3. The van der Waals surface area contributed by atoms with Crippen molar-refractivity contribution in [3.05, 3.63) is 105 Å². The molecule has 5 aromatic rings. The lowest BCUT2D eigenvalue weighted by Gasteiger charge is -2.25. The van der Waals surface area contributed by atoms with E-state index in [4.69, 9.17) is 9.84 Å². The minimum Gasteiger partial charge on any atom is -0.481 e. The number of nitrogens with one attached hydrogen (secondary N) is 3. The largest absolute Gasteiger partial charge is 0.481 e. The fourth-order valence-electron chi connectivity index (χ4n) is 6.28. The number of amides is 1. The predicted molar refractivity (Wildman–Crippen MR) is 202 cm³/mol. The molecule has 18 nitrogen and oxygen atoms in total. The highest BCUT2D eigenvalue weighted by Gasteiger charge is 2.36. The molecule has 57 heavy (non-hydrogen) atoms. The summed E-state index contributed by atoms with van der Waals surface area (Å²) in [6.07, 6.45) is -0.835. The third-order valence-corrected chi connectivity index (χ3v) is 12.3. The van der Waals surface area contributed by atoms with Crippen LogP contribution in [-0.4, -0.2) is 73.8 Å². The van der Waals surface area contributed by atoms with E-state index in [9.17, 15) is 58.3 Å². The number of aliphatic carboxylic acids is 1. The lowest BCUT2D eigenvalue weighted by molar-refractivity contribution is -0.137. The van der Waals surface area contributed by atoms with Crippen LogP contribution in [-0.2, 0) is 51.0 Å². The van der Waals surface area contributed by atoms with Crippen LogP contribution in [0.15, 0.2) is 92.3 Å². The number of ether oxygens (including phenoxy) is 1. The molecule has 1 aromatic heterocycles. The Labute approximate surface area is 322 Å². The Balaban J connectivity index is 1.55. The summed E-state index contributed by atoms with van der Waals surface area (Å²) in [6, 6.07) is 14.9. The number of sulfone groups is 1. The number of aromatic nitrogens is 1. The zero-order valence-electron chi connectivity index (χ0n) is 29.2. The topological polar surface area (TPSA) is 298 Å². The highest BCUT2D eigenvalue weighted by atomic mass is 32.2. The van der Waals surface area contributed by atoms with Gasteiger partial charge in [0.25, 0.3) is 25.8 Å². The molecule has 0 bridgehead atoms. The van der Waals surface area contributed by atoms with Crippen LogP contribution in [0.4, 0.5) is 17.1 Å². The molecule has 0 saturated heterocycles. The normalized spacial score (nSPS) is 12.5. The molecule has 6 N–H and O–H groups in total. The number of hydrogen-bond acceptors (Lipinski definition) is 13. The summed E-state index contributed by atoms with van der Waals surface area (Å²) >= 11 is 0. The minimum atomic E-state index is -5.30. The zero-order valence-corrected chi connectivity index (χ0v) is 31.7. The number of carbonyl (C=O) groups is 4. The quantitative estimate of drug-likeness (QED) is 0.0709. The fraction of sp³-hybridized carbons (Fsp3) is 0.139. The third-order valence-electron chi connectivity index (χ3n) is 8.71. The van der Waals surface area contributed by atoms with Gasteiger partial charge in [-0.05, 0) is 53.9 Å². The molecule has 0 saturated carbocycles. The van der Waals surface area contributed by atoms with Gasteiger partial charge in [0.05, 0.1) is 33.1 Å². The molecule has 0 radical (unpaired) electrons. The Morgan fingerprint density at radius 1 is 0.789 bits per heavy atom. The van der Waals surface area contributed by atoms with Gasteiger partial charge < -0.3 is 25.5 Å². The van der Waals surface area contributed by atoms with E-state index in [1.54, 1.807) is 12.1 Å². The number of carbonyl (C=O) groups excluding carboxylic acids is 3. The van der Waals surface area contributed by atoms with Gasteiger partial charge in [0.2, 0.25) is 5.91 Å². The summed E-state index contributed by atoms with van der Waals surface area (Å²) in [4.78, 5) is 63.6. The molecule has 0 spiro atoms. The third kappa shape index (κ3) is 8.18. The van der Waals surface area contributed by atoms with E-state index >= 15 is 0 Å². The van der Waals surface area contributed by atoms with E-state index in [0.29, 0.717) is 23.4 Å². The standard InChI is InChI=1S/C36H29N3O15S3/c1-18(40)37-20-10-8-19(9-11-20)17-54-36(45)32-29-22-5-2-3-6-23(22)34(43)30-25(16-27(57(51,52)53)33(31(29)30)39-35(32)44)38-24-13-12-21(15-26(24)56(48,49)50)55(46,47)14-4-7-28(41)42/h2-3,5-6,8-13,15-16,38H,4,7,14,17H2,1H3,(H,37,40)(H,39,44)(H,41,42)(H,48,49,50)(H,51,52,53). The molecular formula is C36H29N3O15S3. The van der Waals surface area contributed by atoms with Crippen molar-refractivity contribution < 1.29 is 63.4 Å². The number of benzene rings is 4. The number of rotatable bonds is 13. The highest BCUT2D eigenvalue weighted by Crippen LogP contribution is 2.46. The molecule has 1 heterocycles. The Kier molecular flexibility index (Phi) is 10.6. The first-order valence-electron chi connectivity index (χ1n) is 16.4. The Morgan fingerprint density at radius 2 is 1.44 bits per heavy atom. The summed E-state index contributed by atoms with van der Waals surface area (Å²) in [5.74, 6) is -4.33. The molecule has 1 amide bonds. The van der Waals surface area contributed by atoms with Gasteiger partial charge in [0.15, 0.2) is 15.6 Å². The highest BCUT2D eigenvalue weighted by molar-refractivity contribution is 7.91. The number of carboxylic acids is 1. The lowest BCUT2D eigenvalue weighted by atomic mass is 9.81. The van der Waals surface area contributed by atoms with Crippen molar-refractivity contribution in [1.82, 2.24) is 4.98 Å². The summed E-state index contributed by atoms with van der Waals surface area (Å²) in [7, 11) is -14.9. The van der Waals surface area contributed by atoms with E-state index in [-0.39, 0.29) is 41.0 Å². The molecule has 0 aliphatic heterocycles. The van der Waals surface area contributed by atoms with E-state index in [1.807, 2.05) is 0 Å². The number of H-pyrrole nitrogens is 1.